The van der Waals surface area contributed by atoms with E-state index in [-0.39, 0.29) is 11.9 Å². The van der Waals surface area contributed by atoms with Crippen LogP contribution in [0.1, 0.15) is 37.0 Å². The van der Waals surface area contributed by atoms with Crippen LogP contribution in [0.4, 0.5) is 0 Å². The summed E-state index contributed by atoms with van der Waals surface area (Å²) in [5.74, 6) is 1.38. The minimum atomic E-state index is -0.146. The zero-order valence-electron chi connectivity index (χ0n) is 13.9. The molecule has 0 radical (unpaired) electrons. The van der Waals surface area contributed by atoms with Gasteiger partial charge in [0.25, 0.3) is 5.91 Å². The second-order valence-corrected chi connectivity index (χ2v) is 6.59. The smallest absolute Gasteiger partial charge is 0.251 e. The van der Waals surface area contributed by atoms with E-state index in [9.17, 15) is 4.79 Å². The zero-order chi connectivity index (χ0) is 16.8. The summed E-state index contributed by atoms with van der Waals surface area (Å²) in [6.07, 6.45) is 1.86. The Kier molecular flexibility index (Phi) is 6.54. The maximum Gasteiger partial charge on any atom is 0.251 e. The van der Waals surface area contributed by atoms with E-state index in [0.717, 1.165) is 25.9 Å². The molecule has 0 bridgehead atoms. The van der Waals surface area contributed by atoms with Crippen molar-refractivity contribution in [3.05, 3.63) is 22.7 Å². The second kappa shape index (κ2) is 8.41. The topological polar surface area (TPSA) is 59.6 Å². The molecule has 1 aliphatic heterocycles. The molecule has 0 saturated carbocycles. The number of halogens is 1. The number of amides is 1. The number of hydrogen-bond acceptors (Lipinski definition) is 4. The number of benzene rings is 1. The van der Waals surface area contributed by atoms with Crippen molar-refractivity contribution in [2.45, 2.75) is 32.7 Å². The fraction of sp³-hybridized carbons (Fsp3) is 0.588. The molecule has 1 atom stereocenters. The quantitative estimate of drug-likeness (QED) is 0.801. The van der Waals surface area contributed by atoms with Crippen molar-refractivity contribution in [2.75, 3.05) is 26.8 Å². The van der Waals surface area contributed by atoms with Crippen molar-refractivity contribution in [2.24, 2.45) is 5.92 Å². The van der Waals surface area contributed by atoms with E-state index in [4.69, 9.17) is 21.1 Å². The molecular formula is C17H25ClN2O3. The van der Waals surface area contributed by atoms with Crippen molar-refractivity contribution in [3.63, 3.8) is 0 Å². The SMILES string of the molecule is COc1cc(C(=O)NC2CCNC2)cc(Cl)c1OCCC(C)C. The van der Waals surface area contributed by atoms with Crippen molar-refractivity contribution in [3.8, 4) is 11.5 Å². The summed E-state index contributed by atoms with van der Waals surface area (Å²) in [5.41, 5.74) is 0.481. The molecule has 1 aliphatic rings. The third kappa shape index (κ3) is 5.01. The number of methoxy groups -OCH3 is 1. The van der Waals surface area contributed by atoms with E-state index in [1.165, 1.54) is 0 Å². The van der Waals surface area contributed by atoms with Gasteiger partial charge in [0.2, 0.25) is 0 Å². The lowest BCUT2D eigenvalue weighted by Gasteiger charge is -2.16. The standard InChI is InChI=1S/C17H25ClN2O3/c1-11(2)5-7-23-16-14(18)8-12(9-15(16)22-3)17(21)20-13-4-6-19-10-13/h8-9,11,13,19H,4-7,10H2,1-3H3,(H,20,21). The van der Waals surface area contributed by atoms with Crippen molar-refractivity contribution < 1.29 is 14.3 Å². The van der Waals surface area contributed by atoms with Crippen LogP contribution in [0.25, 0.3) is 0 Å². The predicted molar refractivity (Wildman–Crippen MR) is 91.7 cm³/mol. The maximum absolute atomic E-state index is 12.3. The molecule has 1 amide bonds. The summed E-state index contributed by atoms with van der Waals surface area (Å²) in [7, 11) is 1.55. The predicted octanol–water partition coefficient (Wildman–Crippen LogP) is 2.87. The highest BCUT2D eigenvalue weighted by atomic mass is 35.5. The Morgan fingerprint density at radius 3 is 2.87 bits per heavy atom. The van der Waals surface area contributed by atoms with E-state index in [2.05, 4.69) is 24.5 Å². The van der Waals surface area contributed by atoms with E-state index < -0.39 is 0 Å². The van der Waals surface area contributed by atoms with Gasteiger partial charge in [0, 0.05) is 18.2 Å². The minimum absolute atomic E-state index is 0.146. The van der Waals surface area contributed by atoms with E-state index >= 15 is 0 Å². The number of hydrogen-bond donors (Lipinski definition) is 2. The summed E-state index contributed by atoms with van der Waals surface area (Å²) in [6.45, 7) is 6.55. The number of ether oxygens (including phenoxy) is 2. The summed E-state index contributed by atoms with van der Waals surface area (Å²) < 4.78 is 11.1. The largest absolute Gasteiger partial charge is 0.493 e. The number of rotatable bonds is 7. The average Bonchev–Trinajstić information content (AvgIpc) is 3.00. The molecule has 1 unspecified atom stereocenters. The molecule has 128 valence electrons. The first-order valence-corrected chi connectivity index (χ1v) is 8.41. The Morgan fingerprint density at radius 2 is 2.26 bits per heavy atom. The zero-order valence-corrected chi connectivity index (χ0v) is 14.7. The Bertz CT molecular complexity index is 543. The van der Waals surface area contributed by atoms with Gasteiger partial charge in [0.15, 0.2) is 11.5 Å². The third-order valence-corrected chi connectivity index (χ3v) is 4.11. The highest BCUT2D eigenvalue weighted by molar-refractivity contribution is 6.32. The van der Waals surface area contributed by atoms with Crippen molar-refractivity contribution in [1.82, 2.24) is 10.6 Å². The highest BCUT2D eigenvalue weighted by Crippen LogP contribution is 2.36. The summed E-state index contributed by atoms with van der Waals surface area (Å²) in [4.78, 5) is 12.3. The van der Waals surface area contributed by atoms with Gasteiger partial charge in [0.1, 0.15) is 0 Å². The van der Waals surface area contributed by atoms with Crippen LogP contribution in [-0.4, -0.2) is 38.8 Å². The summed E-state index contributed by atoms with van der Waals surface area (Å²) in [6, 6.07) is 3.47. The molecule has 0 aliphatic carbocycles. The molecule has 6 heteroatoms. The molecular weight excluding hydrogens is 316 g/mol. The van der Waals surface area contributed by atoms with Gasteiger partial charge in [-0.1, -0.05) is 25.4 Å². The molecule has 1 saturated heterocycles. The first-order chi connectivity index (χ1) is 11.0. The van der Waals surface area contributed by atoms with Gasteiger partial charge < -0.3 is 20.1 Å². The van der Waals surface area contributed by atoms with Gasteiger partial charge in [-0.15, -0.1) is 0 Å². The second-order valence-electron chi connectivity index (χ2n) is 6.18. The molecule has 1 fully saturated rings. The molecule has 0 aromatic heterocycles. The van der Waals surface area contributed by atoms with Gasteiger partial charge >= 0.3 is 0 Å². The lowest BCUT2D eigenvalue weighted by Crippen LogP contribution is -2.36. The summed E-state index contributed by atoms with van der Waals surface area (Å²) >= 11 is 6.29. The number of carbonyl (C=O) groups is 1. The molecule has 5 nitrogen and oxygen atoms in total. The van der Waals surface area contributed by atoms with Crippen LogP contribution in [0.2, 0.25) is 5.02 Å². The van der Waals surface area contributed by atoms with E-state index in [1.807, 2.05) is 0 Å². The third-order valence-electron chi connectivity index (χ3n) is 3.83. The molecule has 0 spiro atoms. The normalized spacial score (nSPS) is 17.3. The van der Waals surface area contributed by atoms with Gasteiger partial charge in [0.05, 0.1) is 18.7 Å². The number of nitrogens with one attached hydrogen (secondary N) is 2. The Morgan fingerprint density at radius 1 is 1.48 bits per heavy atom. The van der Waals surface area contributed by atoms with Gasteiger partial charge in [-0.2, -0.15) is 0 Å². The average molecular weight is 341 g/mol. The van der Waals surface area contributed by atoms with Gasteiger partial charge in [-0.25, -0.2) is 0 Å². The molecule has 1 aromatic carbocycles. The van der Waals surface area contributed by atoms with Crippen molar-refractivity contribution in [1.29, 1.82) is 0 Å². The number of carbonyl (C=O) groups excluding carboxylic acids is 1. The Hall–Kier alpha value is -1.46. The first kappa shape index (κ1) is 17.9. The van der Waals surface area contributed by atoms with Crippen molar-refractivity contribution >= 4 is 17.5 Å². The van der Waals surface area contributed by atoms with Crippen LogP contribution in [0, 0.1) is 5.92 Å². The van der Waals surface area contributed by atoms with Gasteiger partial charge in [-0.3, -0.25) is 4.79 Å². The molecule has 2 N–H and O–H groups in total. The Balaban J connectivity index is 2.09. The lowest BCUT2D eigenvalue weighted by atomic mass is 10.1. The summed E-state index contributed by atoms with van der Waals surface area (Å²) in [5, 5.41) is 6.61. The lowest BCUT2D eigenvalue weighted by molar-refractivity contribution is 0.0939. The van der Waals surface area contributed by atoms with Crippen LogP contribution in [0.5, 0.6) is 11.5 Å². The minimum Gasteiger partial charge on any atom is -0.493 e. The highest BCUT2D eigenvalue weighted by Gasteiger charge is 2.20. The molecule has 23 heavy (non-hydrogen) atoms. The maximum atomic E-state index is 12.3. The van der Waals surface area contributed by atoms with E-state index in [1.54, 1.807) is 19.2 Å². The molecule has 1 aromatic rings. The first-order valence-electron chi connectivity index (χ1n) is 8.03. The fourth-order valence-electron chi connectivity index (χ4n) is 2.43. The molecule has 2 rings (SSSR count). The van der Waals surface area contributed by atoms with Crippen LogP contribution in [0.3, 0.4) is 0 Å². The van der Waals surface area contributed by atoms with E-state index in [0.29, 0.717) is 34.6 Å². The fourth-order valence-corrected chi connectivity index (χ4v) is 2.70. The van der Waals surface area contributed by atoms with Crippen LogP contribution in [-0.2, 0) is 0 Å². The van der Waals surface area contributed by atoms with Crippen LogP contribution >= 0.6 is 11.6 Å². The monoisotopic (exact) mass is 340 g/mol. The Labute approximate surface area is 142 Å². The molecule has 1 heterocycles. The van der Waals surface area contributed by atoms with Gasteiger partial charge in [-0.05, 0) is 37.4 Å². The van der Waals surface area contributed by atoms with Crippen LogP contribution < -0.4 is 20.1 Å². The van der Waals surface area contributed by atoms with Crippen LogP contribution in [0.15, 0.2) is 12.1 Å².